The van der Waals surface area contributed by atoms with E-state index in [4.69, 9.17) is 0 Å². The quantitative estimate of drug-likeness (QED) is 0.116. The molecule has 6 heteroatoms. The molecule has 0 saturated carbocycles. The van der Waals surface area contributed by atoms with E-state index in [0.29, 0.717) is 6.54 Å². The van der Waals surface area contributed by atoms with E-state index >= 15 is 0 Å². The molecule has 0 bridgehead atoms. The van der Waals surface area contributed by atoms with Crippen LogP contribution in [0.4, 0.5) is 0 Å². The summed E-state index contributed by atoms with van der Waals surface area (Å²) in [6, 6.07) is 0. The van der Waals surface area contributed by atoms with Crippen LogP contribution in [0.15, 0.2) is 0 Å². The molecule has 2 N–H and O–H groups in total. The molecule has 0 atom stereocenters. The lowest BCUT2D eigenvalue weighted by Gasteiger charge is -2.29. The highest BCUT2D eigenvalue weighted by Crippen LogP contribution is 2.14. The van der Waals surface area contributed by atoms with Crippen LogP contribution in [0, 0.1) is 0 Å². The predicted molar refractivity (Wildman–Crippen MR) is 151 cm³/mol. The van der Waals surface area contributed by atoms with E-state index in [1.807, 2.05) is 0 Å². The molecule has 0 fully saturated rings. The molecule has 0 aromatic heterocycles. The van der Waals surface area contributed by atoms with Gasteiger partial charge in [0, 0.05) is 6.54 Å². The smallest absolute Gasteiger partial charge is 0.275 e. The summed E-state index contributed by atoms with van der Waals surface area (Å²) in [5, 5.41) is 3.13. The molecule has 0 spiro atoms. The third-order valence-electron chi connectivity index (χ3n) is 7.11. The summed E-state index contributed by atoms with van der Waals surface area (Å²) in [5.41, 5.74) is 0. The van der Waals surface area contributed by atoms with Crippen LogP contribution in [-0.4, -0.2) is 64.8 Å². The Labute approximate surface area is 239 Å². The van der Waals surface area contributed by atoms with Crippen molar-refractivity contribution in [2.24, 2.45) is 0 Å². The van der Waals surface area contributed by atoms with Gasteiger partial charge in [-0.3, -0.25) is 4.79 Å². The van der Waals surface area contributed by atoms with Gasteiger partial charge in [0.2, 0.25) is 0 Å². The largest absolute Gasteiger partial charge is 1.00 e. The number of nitrogens with one attached hydrogen (secondary N) is 2. The third kappa shape index (κ3) is 32.0. The second-order valence-corrected chi connectivity index (χ2v) is 11.8. The SMILES string of the molecule is CCCCCCCCCCCCCCCCCC[N+](C)(C)CC(=O)NCCCCCC[NH+](C)C.[Cl-].[Cl-]. The lowest BCUT2D eigenvalue weighted by Crippen LogP contribution is -3.05. The van der Waals surface area contributed by atoms with Crippen molar-refractivity contribution in [3.8, 4) is 0 Å². The Kier molecular flexibility index (Phi) is 33.2. The number of carbonyl (C=O) groups excluding carboxylic acids is 1. The van der Waals surface area contributed by atoms with Gasteiger partial charge >= 0.3 is 0 Å². The zero-order chi connectivity index (χ0) is 25.3. The highest BCUT2D eigenvalue weighted by molar-refractivity contribution is 5.76. The standard InChI is InChI=1S/C30H63N3O.2ClH/c1-6-7-8-9-10-11-12-13-14-15-16-17-18-19-22-25-28-33(4,5)29-30(34)31-26-23-20-21-24-27-32(2)3;;/h6-29H2,1-5H3;2*1H. The van der Waals surface area contributed by atoms with Crippen LogP contribution >= 0.6 is 0 Å². The minimum atomic E-state index is 0. The van der Waals surface area contributed by atoms with Crippen molar-refractivity contribution in [1.29, 1.82) is 0 Å². The Hall–Kier alpha value is -0.0300. The van der Waals surface area contributed by atoms with Gasteiger partial charge in [-0.15, -0.1) is 0 Å². The van der Waals surface area contributed by atoms with Crippen LogP contribution in [0.5, 0.6) is 0 Å². The Morgan fingerprint density at radius 3 is 1.44 bits per heavy atom. The fraction of sp³-hybridized carbons (Fsp3) is 0.967. The number of quaternary nitrogens is 2. The molecule has 0 unspecified atom stereocenters. The molecule has 0 aliphatic heterocycles. The number of hydrogen-bond donors (Lipinski definition) is 2. The molecule has 4 nitrogen and oxygen atoms in total. The monoisotopic (exact) mass is 553 g/mol. The summed E-state index contributed by atoms with van der Waals surface area (Å²) in [7, 11) is 8.82. The van der Waals surface area contributed by atoms with Crippen molar-refractivity contribution in [2.45, 2.75) is 135 Å². The highest BCUT2D eigenvalue weighted by Gasteiger charge is 2.19. The number of amides is 1. The van der Waals surface area contributed by atoms with Gasteiger partial charge in [-0.2, -0.15) is 0 Å². The zero-order valence-electron chi connectivity index (χ0n) is 25.1. The number of hydrogen-bond acceptors (Lipinski definition) is 1. The van der Waals surface area contributed by atoms with Crippen molar-refractivity contribution in [3.63, 3.8) is 0 Å². The summed E-state index contributed by atoms with van der Waals surface area (Å²) >= 11 is 0. The Bertz CT molecular complexity index is 448. The minimum Gasteiger partial charge on any atom is -1.00 e. The summed E-state index contributed by atoms with van der Waals surface area (Å²) in [6.07, 6.45) is 27.4. The highest BCUT2D eigenvalue weighted by atomic mass is 35.5. The first-order valence-corrected chi connectivity index (χ1v) is 15.2. The molecule has 1 amide bonds. The van der Waals surface area contributed by atoms with E-state index in [0.717, 1.165) is 24.0 Å². The fourth-order valence-corrected chi connectivity index (χ4v) is 4.80. The second-order valence-electron chi connectivity index (χ2n) is 11.8. The van der Waals surface area contributed by atoms with Gasteiger partial charge in [0.1, 0.15) is 0 Å². The van der Waals surface area contributed by atoms with Crippen molar-refractivity contribution in [1.82, 2.24) is 5.32 Å². The molecule has 0 rings (SSSR count). The number of unbranched alkanes of at least 4 members (excludes halogenated alkanes) is 18. The summed E-state index contributed by atoms with van der Waals surface area (Å²) < 4.78 is 0.816. The summed E-state index contributed by atoms with van der Waals surface area (Å²) in [6.45, 7) is 6.10. The maximum Gasteiger partial charge on any atom is 0.275 e. The van der Waals surface area contributed by atoms with Crippen molar-refractivity contribution in [3.05, 3.63) is 0 Å². The number of rotatable bonds is 26. The predicted octanol–water partition coefficient (Wildman–Crippen LogP) is 0.153. The third-order valence-corrected chi connectivity index (χ3v) is 7.11. The molecule has 0 aromatic carbocycles. The van der Waals surface area contributed by atoms with E-state index in [1.54, 1.807) is 0 Å². The number of nitrogens with zero attached hydrogens (tertiary/aromatic N) is 1. The number of carbonyl (C=O) groups is 1. The van der Waals surface area contributed by atoms with E-state index in [2.05, 4.69) is 40.4 Å². The van der Waals surface area contributed by atoms with Gasteiger partial charge in [-0.1, -0.05) is 103 Å². The van der Waals surface area contributed by atoms with E-state index in [1.165, 1.54) is 133 Å². The second kappa shape index (κ2) is 29.5. The van der Waals surface area contributed by atoms with Gasteiger partial charge in [0.25, 0.3) is 5.91 Å². The normalized spacial score (nSPS) is 11.3. The maximum absolute atomic E-state index is 12.3. The Morgan fingerprint density at radius 2 is 1.00 bits per heavy atom. The molecular weight excluding hydrogens is 489 g/mol. The van der Waals surface area contributed by atoms with E-state index in [-0.39, 0.29) is 30.7 Å². The van der Waals surface area contributed by atoms with Crippen LogP contribution < -0.4 is 35.0 Å². The number of halogens is 2. The van der Waals surface area contributed by atoms with Crippen LogP contribution in [0.25, 0.3) is 0 Å². The van der Waals surface area contributed by atoms with Crippen LogP contribution in [0.1, 0.15) is 135 Å². The minimum absolute atomic E-state index is 0. The molecule has 0 aliphatic rings. The Balaban J connectivity index is -0.00000544. The van der Waals surface area contributed by atoms with Gasteiger partial charge in [0.15, 0.2) is 6.54 Å². The van der Waals surface area contributed by atoms with Gasteiger partial charge < -0.3 is 39.5 Å². The number of likely N-dealkylation sites (N-methyl/N-ethyl adjacent to an activating group) is 1. The van der Waals surface area contributed by atoms with Crippen LogP contribution in [0.3, 0.4) is 0 Å². The Morgan fingerprint density at radius 1 is 0.611 bits per heavy atom. The summed E-state index contributed by atoms with van der Waals surface area (Å²) in [4.78, 5) is 13.8. The van der Waals surface area contributed by atoms with Gasteiger partial charge in [-0.05, 0) is 32.1 Å². The molecule has 0 radical (unpaired) electrons. The lowest BCUT2D eigenvalue weighted by atomic mass is 10.0. The van der Waals surface area contributed by atoms with Crippen LogP contribution in [-0.2, 0) is 4.79 Å². The molecule has 0 saturated heterocycles. The van der Waals surface area contributed by atoms with Crippen molar-refractivity contribution >= 4 is 5.91 Å². The molecule has 220 valence electrons. The molecular formula is C30H65Cl2N3O. The lowest BCUT2D eigenvalue weighted by molar-refractivity contribution is -0.882. The van der Waals surface area contributed by atoms with Gasteiger partial charge in [0.05, 0.1) is 41.3 Å². The first kappa shape index (κ1) is 40.5. The zero-order valence-corrected chi connectivity index (χ0v) is 26.6. The fourth-order valence-electron chi connectivity index (χ4n) is 4.80. The summed E-state index contributed by atoms with van der Waals surface area (Å²) in [5.74, 6) is 0.222. The van der Waals surface area contributed by atoms with E-state index < -0.39 is 0 Å². The maximum atomic E-state index is 12.3. The molecule has 0 aromatic rings. The first-order valence-electron chi connectivity index (χ1n) is 15.2. The van der Waals surface area contributed by atoms with Crippen LogP contribution in [0.2, 0.25) is 0 Å². The van der Waals surface area contributed by atoms with Crippen molar-refractivity contribution < 1.29 is 39.0 Å². The molecule has 36 heavy (non-hydrogen) atoms. The first-order chi connectivity index (χ1) is 16.4. The van der Waals surface area contributed by atoms with E-state index in [9.17, 15) is 4.79 Å². The average Bonchev–Trinajstić information content (AvgIpc) is 2.77. The van der Waals surface area contributed by atoms with Crippen molar-refractivity contribution in [2.75, 3.05) is 54.4 Å². The molecule has 0 heterocycles. The molecule has 0 aliphatic carbocycles. The van der Waals surface area contributed by atoms with Gasteiger partial charge in [-0.25, -0.2) is 0 Å². The average molecular weight is 555 g/mol. The topological polar surface area (TPSA) is 33.5 Å².